The van der Waals surface area contributed by atoms with Crippen LogP contribution < -0.4 is 10.5 Å². The van der Waals surface area contributed by atoms with Gasteiger partial charge in [-0.25, -0.2) is 0 Å². The fraction of sp³-hybridized carbons (Fsp3) is 0.538. The third kappa shape index (κ3) is 2.41. The Kier molecular flexibility index (Phi) is 3.87. The fourth-order valence-corrected chi connectivity index (χ4v) is 2.50. The Balaban J connectivity index is 2.24. The first kappa shape index (κ1) is 11.9. The topological polar surface area (TPSA) is 35.2 Å². The van der Waals surface area contributed by atoms with Crippen LogP contribution in [0.3, 0.4) is 0 Å². The Bertz CT molecular complexity index is 363. The van der Waals surface area contributed by atoms with Crippen LogP contribution in [0.2, 0.25) is 0 Å². The number of hydrogen-bond acceptors (Lipinski definition) is 2. The molecule has 1 fully saturated rings. The molecule has 0 aromatic heterocycles. The van der Waals surface area contributed by atoms with E-state index in [1.807, 2.05) is 19.1 Å². The molecule has 2 N–H and O–H groups in total. The van der Waals surface area contributed by atoms with Crippen molar-refractivity contribution in [3.05, 3.63) is 28.2 Å². The van der Waals surface area contributed by atoms with Crippen LogP contribution in [-0.2, 0) is 0 Å². The largest absolute Gasteiger partial charge is 0.494 e. The lowest BCUT2D eigenvalue weighted by molar-refractivity contribution is 0.256. The van der Waals surface area contributed by atoms with Gasteiger partial charge in [0.25, 0.3) is 0 Å². The predicted molar refractivity (Wildman–Crippen MR) is 69.6 cm³/mol. The maximum Gasteiger partial charge on any atom is 0.124 e. The van der Waals surface area contributed by atoms with Crippen LogP contribution >= 0.6 is 15.9 Å². The smallest absolute Gasteiger partial charge is 0.124 e. The number of halogens is 1. The second-order valence-electron chi connectivity index (χ2n) is 4.33. The third-order valence-corrected chi connectivity index (χ3v) is 3.78. The molecule has 2 rings (SSSR count). The van der Waals surface area contributed by atoms with E-state index in [4.69, 9.17) is 10.5 Å². The summed E-state index contributed by atoms with van der Waals surface area (Å²) < 4.78 is 6.70. The van der Waals surface area contributed by atoms with Gasteiger partial charge in [-0.05, 0) is 43.9 Å². The summed E-state index contributed by atoms with van der Waals surface area (Å²) in [5, 5.41) is 0. The Labute approximate surface area is 105 Å². The highest BCUT2D eigenvalue weighted by Crippen LogP contribution is 2.40. The molecular formula is C13H18BrNO. The third-order valence-electron chi connectivity index (χ3n) is 3.29. The second-order valence-corrected chi connectivity index (χ2v) is 5.25. The minimum Gasteiger partial charge on any atom is -0.494 e. The van der Waals surface area contributed by atoms with Crippen molar-refractivity contribution in [2.45, 2.75) is 32.2 Å². The molecule has 0 radical (unpaired) electrons. The minimum absolute atomic E-state index is 0.118. The zero-order valence-electron chi connectivity index (χ0n) is 9.58. The Morgan fingerprint density at radius 1 is 1.50 bits per heavy atom. The molecule has 1 aliphatic rings. The highest BCUT2D eigenvalue weighted by Gasteiger charge is 2.27. The minimum atomic E-state index is 0.118. The Morgan fingerprint density at radius 3 is 2.81 bits per heavy atom. The number of rotatable bonds is 4. The molecular weight excluding hydrogens is 266 g/mol. The summed E-state index contributed by atoms with van der Waals surface area (Å²) in [6.45, 7) is 2.69. The first-order chi connectivity index (χ1) is 7.72. The second kappa shape index (κ2) is 5.19. The van der Waals surface area contributed by atoms with Gasteiger partial charge in [0, 0.05) is 16.1 Å². The van der Waals surface area contributed by atoms with E-state index in [1.165, 1.54) is 19.3 Å². The summed E-state index contributed by atoms with van der Waals surface area (Å²) in [4.78, 5) is 0. The molecule has 3 heteroatoms. The molecule has 1 saturated carbocycles. The number of benzene rings is 1. The van der Waals surface area contributed by atoms with Crippen molar-refractivity contribution in [2.24, 2.45) is 11.7 Å². The predicted octanol–water partition coefficient (Wildman–Crippen LogP) is 3.65. The fourth-order valence-electron chi connectivity index (χ4n) is 2.12. The molecule has 1 atom stereocenters. The Hall–Kier alpha value is -0.540. The summed E-state index contributed by atoms with van der Waals surface area (Å²) in [7, 11) is 0. The molecule has 0 saturated heterocycles. The summed E-state index contributed by atoms with van der Waals surface area (Å²) in [5.74, 6) is 1.57. The van der Waals surface area contributed by atoms with Crippen molar-refractivity contribution >= 4 is 15.9 Å². The molecule has 0 heterocycles. The average molecular weight is 284 g/mol. The van der Waals surface area contributed by atoms with Gasteiger partial charge in [0.15, 0.2) is 0 Å². The van der Waals surface area contributed by atoms with Gasteiger partial charge < -0.3 is 10.5 Å². The van der Waals surface area contributed by atoms with Crippen LogP contribution in [0.25, 0.3) is 0 Å². The van der Waals surface area contributed by atoms with Crippen molar-refractivity contribution in [1.82, 2.24) is 0 Å². The van der Waals surface area contributed by atoms with Crippen molar-refractivity contribution in [1.29, 1.82) is 0 Å². The molecule has 1 aromatic rings. The summed E-state index contributed by atoms with van der Waals surface area (Å²) in [6, 6.07) is 6.21. The number of nitrogens with two attached hydrogens (primary N) is 1. The molecule has 1 unspecified atom stereocenters. The van der Waals surface area contributed by atoms with E-state index in [9.17, 15) is 0 Å². The molecule has 1 aliphatic carbocycles. The molecule has 0 amide bonds. The maximum absolute atomic E-state index is 6.30. The van der Waals surface area contributed by atoms with Gasteiger partial charge in [-0.2, -0.15) is 0 Å². The zero-order chi connectivity index (χ0) is 11.5. The van der Waals surface area contributed by atoms with E-state index in [0.717, 1.165) is 15.8 Å². The van der Waals surface area contributed by atoms with Crippen molar-refractivity contribution in [3.8, 4) is 5.75 Å². The van der Waals surface area contributed by atoms with E-state index in [0.29, 0.717) is 12.5 Å². The van der Waals surface area contributed by atoms with Crippen LogP contribution in [0.4, 0.5) is 0 Å². The Morgan fingerprint density at radius 2 is 2.25 bits per heavy atom. The van der Waals surface area contributed by atoms with Crippen LogP contribution in [0.1, 0.15) is 37.8 Å². The van der Waals surface area contributed by atoms with E-state index < -0.39 is 0 Å². The van der Waals surface area contributed by atoms with Crippen molar-refractivity contribution in [3.63, 3.8) is 0 Å². The number of hydrogen-bond donors (Lipinski definition) is 1. The van der Waals surface area contributed by atoms with Gasteiger partial charge in [0.05, 0.1) is 6.61 Å². The van der Waals surface area contributed by atoms with E-state index in [2.05, 4.69) is 22.0 Å². The van der Waals surface area contributed by atoms with Crippen LogP contribution in [0.15, 0.2) is 22.7 Å². The summed E-state index contributed by atoms with van der Waals surface area (Å²) in [5.41, 5.74) is 7.44. The number of ether oxygens (including phenoxy) is 1. The highest BCUT2D eigenvalue weighted by atomic mass is 79.9. The molecule has 16 heavy (non-hydrogen) atoms. The molecule has 0 aliphatic heterocycles. The maximum atomic E-state index is 6.30. The molecule has 88 valence electrons. The van der Waals surface area contributed by atoms with Gasteiger partial charge in [0.1, 0.15) is 5.75 Å². The molecule has 0 spiro atoms. The van der Waals surface area contributed by atoms with E-state index in [1.54, 1.807) is 0 Å². The molecule has 1 aromatic carbocycles. The van der Waals surface area contributed by atoms with Crippen LogP contribution in [0.5, 0.6) is 5.75 Å². The average Bonchev–Trinajstić information content (AvgIpc) is 2.18. The van der Waals surface area contributed by atoms with Crippen LogP contribution in [-0.4, -0.2) is 6.61 Å². The van der Waals surface area contributed by atoms with E-state index >= 15 is 0 Å². The van der Waals surface area contributed by atoms with Gasteiger partial charge >= 0.3 is 0 Å². The normalized spacial score (nSPS) is 17.9. The monoisotopic (exact) mass is 283 g/mol. The lowest BCUT2D eigenvalue weighted by atomic mass is 9.77. The summed E-state index contributed by atoms with van der Waals surface area (Å²) >= 11 is 3.49. The van der Waals surface area contributed by atoms with Crippen molar-refractivity contribution < 1.29 is 4.74 Å². The quantitative estimate of drug-likeness (QED) is 0.916. The summed E-state index contributed by atoms with van der Waals surface area (Å²) in [6.07, 6.45) is 3.81. The van der Waals surface area contributed by atoms with Gasteiger partial charge in [-0.1, -0.05) is 22.4 Å². The van der Waals surface area contributed by atoms with Gasteiger partial charge in [0.2, 0.25) is 0 Å². The molecule has 2 nitrogen and oxygen atoms in total. The van der Waals surface area contributed by atoms with Crippen molar-refractivity contribution in [2.75, 3.05) is 6.61 Å². The first-order valence-electron chi connectivity index (χ1n) is 5.90. The first-order valence-corrected chi connectivity index (χ1v) is 6.69. The van der Waals surface area contributed by atoms with Gasteiger partial charge in [-0.3, -0.25) is 0 Å². The zero-order valence-corrected chi connectivity index (χ0v) is 11.2. The lowest BCUT2D eigenvalue weighted by Crippen LogP contribution is -2.27. The van der Waals surface area contributed by atoms with Crippen LogP contribution in [0, 0.1) is 5.92 Å². The SMILES string of the molecule is CCOc1ccc(Br)cc1C(N)C1CCC1. The molecule has 0 bridgehead atoms. The standard InChI is InChI=1S/C13H18BrNO/c1-2-16-12-7-6-10(14)8-11(12)13(15)9-4-3-5-9/h6-9,13H,2-5,15H2,1H3. The highest BCUT2D eigenvalue weighted by molar-refractivity contribution is 9.10. The van der Waals surface area contributed by atoms with Gasteiger partial charge in [-0.15, -0.1) is 0 Å². The van der Waals surface area contributed by atoms with E-state index in [-0.39, 0.29) is 6.04 Å². The lowest BCUT2D eigenvalue weighted by Gasteiger charge is -2.32.